The number of benzene rings is 2. The summed E-state index contributed by atoms with van der Waals surface area (Å²) in [5, 5.41) is 0. The molecule has 0 bridgehead atoms. The molecule has 0 saturated heterocycles. The van der Waals surface area contributed by atoms with Crippen molar-refractivity contribution < 1.29 is 18.9 Å². The van der Waals surface area contributed by atoms with Gasteiger partial charge < -0.3 is 18.9 Å². The van der Waals surface area contributed by atoms with Crippen molar-refractivity contribution in [1.82, 2.24) is 0 Å². The Balaban J connectivity index is 1.81. The standard InChI is InChI=1S/C24H30O4/c1-25-18-12-8-16(9-13-18)22-20-6-5-7-21(20)23(24(22,27-3)28-4)17-10-14-19(26-2)15-11-17/h8-15,20-23H,5-7H2,1-4H3. The van der Waals surface area contributed by atoms with Crippen LogP contribution in [0.4, 0.5) is 0 Å². The van der Waals surface area contributed by atoms with E-state index in [9.17, 15) is 0 Å². The quantitative estimate of drug-likeness (QED) is 0.660. The molecule has 2 aliphatic rings. The van der Waals surface area contributed by atoms with Crippen molar-refractivity contribution >= 4 is 0 Å². The first kappa shape index (κ1) is 19.3. The van der Waals surface area contributed by atoms with Crippen LogP contribution in [0.15, 0.2) is 48.5 Å². The Hall–Kier alpha value is -2.04. The molecule has 0 radical (unpaired) electrons. The highest BCUT2D eigenvalue weighted by Gasteiger charge is 2.63. The van der Waals surface area contributed by atoms with Crippen LogP contribution in [0.5, 0.6) is 11.5 Å². The van der Waals surface area contributed by atoms with Gasteiger partial charge >= 0.3 is 0 Å². The lowest BCUT2D eigenvalue weighted by Gasteiger charge is -2.40. The molecular formula is C24H30O4. The number of ether oxygens (including phenoxy) is 4. The van der Waals surface area contributed by atoms with Crippen LogP contribution in [0, 0.1) is 11.8 Å². The maximum Gasteiger partial charge on any atom is 0.181 e. The number of hydrogen-bond acceptors (Lipinski definition) is 4. The molecule has 2 fully saturated rings. The minimum absolute atomic E-state index is 0.188. The lowest BCUT2D eigenvalue weighted by molar-refractivity contribution is -0.226. The second-order valence-electron chi connectivity index (χ2n) is 7.89. The number of methoxy groups -OCH3 is 4. The van der Waals surface area contributed by atoms with Gasteiger partial charge in [0.05, 0.1) is 14.2 Å². The van der Waals surface area contributed by atoms with E-state index in [0.717, 1.165) is 11.5 Å². The number of rotatable bonds is 6. The van der Waals surface area contributed by atoms with Crippen molar-refractivity contribution in [3.05, 3.63) is 59.7 Å². The Labute approximate surface area is 167 Å². The van der Waals surface area contributed by atoms with Crippen LogP contribution in [-0.4, -0.2) is 34.2 Å². The fourth-order valence-corrected chi connectivity index (χ4v) is 5.81. The highest BCUT2D eigenvalue weighted by molar-refractivity contribution is 5.39. The lowest BCUT2D eigenvalue weighted by Crippen LogP contribution is -2.43. The van der Waals surface area contributed by atoms with Gasteiger partial charge in [0.25, 0.3) is 0 Å². The van der Waals surface area contributed by atoms with E-state index in [1.165, 1.54) is 30.4 Å². The van der Waals surface area contributed by atoms with Crippen LogP contribution < -0.4 is 9.47 Å². The fraction of sp³-hybridized carbons (Fsp3) is 0.500. The van der Waals surface area contributed by atoms with E-state index in [4.69, 9.17) is 18.9 Å². The molecule has 2 saturated carbocycles. The molecule has 0 aliphatic heterocycles. The Kier molecular flexibility index (Phi) is 5.35. The summed E-state index contributed by atoms with van der Waals surface area (Å²) in [4.78, 5) is 0. The normalized spacial score (nSPS) is 28.1. The van der Waals surface area contributed by atoms with Gasteiger partial charge in [0, 0.05) is 26.1 Å². The third-order valence-electron chi connectivity index (χ3n) is 6.94. The van der Waals surface area contributed by atoms with Gasteiger partial charge in [-0.1, -0.05) is 30.7 Å². The summed E-state index contributed by atoms with van der Waals surface area (Å²) in [6.07, 6.45) is 3.68. The first-order valence-corrected chi connectivity index (χ1v) is 10.1. The number of fused-ring (bicyclic) bond motifs is 1. The number of hydrogen-bond donors (Lipinski definition) is 0. The zero-order chi connectivity index (χ0) is 19.7. The van der Waals surface area contributed by atoms with Crippen molar-refractivity contribution in [1.29, 1.82) is 0 Å². The third-order valence-corrected chi connectivity index (χ3v) is 6.94. The van der Waals surface area contributed by atoms with Gasteiger partial charge in [0.1, 0.15) is 11.5 Å². The predicted molar refractivity (Wildman–Crippen MR) is 109 cm³/mol. The van der Waals surface area contributed by atoms with Crippen LogP contribution in [0.2, 0.25) is 0 Å². The minimum Gasteiger partial charge on any atom is -0.497 e. The van der Waals surface area contributed by atoms with E-state index in [-0.39, 0.29) is 11.8 Å². The molecular weight excluding hydrogens is 352 g/mol. The molecule has 0 spiro atoms. The smallest absolute Gasteiger partial charge is 0.181 e. The van der Waals surface area contributed by atoms with Crippen LogP contribution in [0.1, 0.15) is 42.2 Å². The van der Waals surface area contributed by atoms with E-state index in [0.29, 0.717) is 11.8 Å². The summed E-state index contributed by atoms with van der Waals surface area (Å²) >= 11 is 0. The average Bonchev–Trinajstić information content (AvgIpc) is 3.32. The second kappa shape index (κ2) is 7.76. The van der Waals surface area contributed by atoms with Gasteiger partial charge in [0.2, 0.25) is 0 Å². The average molecular weight is 383 g/mol. The van der Waals surface area contributed by atoms with Crippen LogP contribution >= 0.6 is 0 Å². The molecule has 2 aromatic rings. The molecule has 0 N–H and O–H groups in total. The highest BCUT2D eigenvalue weighted by Crippen LogP contribution is 2.64. The van der Waals surface area contributed by atoms with Crippen molar-refractivity contribution in [2.75, 3.05) is 28.4 Å². The summed E-state index contributed by atoms with van der Waals surface area (Å²) in [5.41, 5.74) is 2.52. The van der Waals surface area contributed by atoms with Gasteiger partial charge in [-0.25, -0.2) is 0 Å². The van der Waals surface area contributed by atoms with E-state index in [2.05, 4.69) is 24.3 Å². The summed E-state index contributed by atoms with van der Waals surface area (Å²) in [5.74, 6) is 2.52. The minimum atomic E-state index is -0.682. The first-order chi connectivity index (χ1) is 13.7. The van der Waals surface area contributed by atoms with Gasteiger partial charge in [0.15, 0.2) is 5.79 Å². The molecule has 0 amide bonds. The maximum atomic E-state index is 6.25. The zero-order valence-corrected chi connectivity index (χ0v) is 17.2. The highest BCUT2D eigenvalue weighted by atomic mass is 16.7. The summed E-state index contributed by atoms with van der Waals surface area (Å²) in [7, 11) is 6.98. The molecule has 28 heavy (non-hydrogen) atoms. The van der Waals surface area contributed by atoms with Crippen LogP contribution in [0.25, 0.3) is 0 Å². The zero-order valence-electron chi connectivity index (χ0n) is 17.2. The van der Waals surface area contributed by atoms with E-state index >= 15 is 0 Å². The molecule has 2 aliphatic carbocycles. The second-order valence-corrected chi connectivity index (χ2v) is 7.89. The topological polar surface area (TPSA) is 36.9 Å². The van der Waals surface area contributed by atoms with Crippen LogP contribution in [0.3, 0.4) is 0 Å². The molecule has 0 heterocycles. The lowest BCUT2D eigenvalue weighted by atomic mass is 9.82. The van der Waals surface area contributed by atoms with Crippen molar-refractivity contribution in [2.24, 2.45) is 11.8 Å². The maximum absolute atomic E-state index is 6.25. The summed E-state index contributed by atoms with van der Waals surface area (Å²) < 4.78 is 23.2. The molecule has 0 aromatic heterocycles. The van der Waals surface area contributed by atoms with Crippen molar-refractivity contribution in [2.45, 2.75) is 36.9 Å². The molecule has 4 rings (SSSR count). The van der Waals surface area contributed by atoms with Gasteiger partial charge in [-0.3, -0.25) is 0 Å². The van der Waals surface area contributed by atoms with Crippen molar-refractivity contribution in [3.63, 3.8) is 0 Å². The fourth-order valence-electron chi connectivity index (χ4n) is 5.81. The van der Waals surface area contributed by atoms with Crippen LogP contribution in [-0.2, 0) is 9.47 Å². The third kappa shape index (κ3) is 2.90. The predicted octanol–water partition coefficient (Wildman–Crippen LogP) is 4.99. The molecule has 4 unspecified atom stereocenters. The largest absolute Gasteiger partial charge is 0.497 e. The SMILES string of the molecule is COc1ccc(C2C3CCCC3C(c3ccc(OC)cc3)C2(OC)OC)cc1. The first-order valence-electron chi connectivity index (χ1n) is 10.1. The van der Waals surface area contributed by atoms with Gasteiger partial charge in [-0.2, -0.15) is 0 Å². The molecule has 2 aromatic carbocycles. The Morgan fingerprint density at radius 2 is 1.04 bits per heavy atom. The molecule has 4 nitrogen and oxygen atoms in total. The van der Waals surface area contributed by atoms with E-state index < -0.39 is 5.79 Å². The Bertz CT molecular complexity index is 716. The van der Waals surface area contributed by atoms with E-state index in [1.54, 1.807) is 28.4 Å². The van der Waals surface area contributed by atoms with E-state index in [1.807, 2.05) is 24.3 Å². The molecule has 4 atom stereocenters. The Morgan fingerprint density at radius 1 is 0.643 bits per heavy atom. The summed E-state index contributed by atoms with van der Waals surface area (Å²) in [6.45, 7) is 0. The molecule has 150 valence electrons. The summed E-state index contributed by atoms with van der Waals surface area (Å²) in [6, 6.07) is 16.8. The monoisotopic (exact) mass is 382 g/mol. The van der Waals surface area contributed by atoms with Gasteiger partial charge in [-0.05, 0) is 60.1 Å². The van der Waals surface area contributed by atoms with Gasteiger partial charge in [-0.15, -0.1) is 0 Å². The van der Waals surface area contributed by atoms with Crippen molar-refractivity contribution in [3.8, 4) is 11.5 Å². The Morgan fingerprint density at radius 3 is 1.36 bits per heavy atom. The molecule has 4 heteroatoms.